The van der Waals surface area contributed by atoms with Crippen LogP contribution in [0.3, 0.4) is 0 Å². The number of halogens is 1. The largest absolute Gasteiger partial charge is 0.317 e. The normalized spacial score (nSPS) is 17.9. The first-order valence-electron chi connectivity index (χ1n) is 5.77. The monoisotopic (exact) mass is 239 g/mol. The number of nitrogens with zero attached hydrogens (tertiary/aromatic N) is 2. The molecule has 3 nitrogen and oxygen atoms in total. The minimum absolute atomic E-state index is 0.628. The van der Waals surface area contributed by atoms with Crippen LogP contribution in [0.2, 0.25) is 5.15 Å². The lowest BCUT2D eigenvalue weighted by Gasteiger charge is -2.31. The number of hydrogen-bond acceptors (Lipinski definition) is 3. The molecule has 0 spiro atoms. The summed E-state index contributed by atoms with van der Waals surface area (Å²) in [6.45, 7) is 3.13. The van der Waals surface area contributed by atoms with Gasteiger partial charge in [-0.15, -0.1) is 0 Å². The third-order valence-electron chi connectivity index (χ3n) is 3.19. The maximum atomic E-state index is 6.06. The van der Waals surface area contributed by atoms with Gasteiger partial charge in [0, 0.05) is 24.3 Å². The van der Waals surface area contributed by atoms with Crippen molar-refractivity contribution < 1.29 is 0 Å². The van der Waals surface area contributed by atoms with Gasteiger partial charge in [0.25, 0.3) is 0 Å². The second-order valence-corrected chi connectivity index (χ2v) is 4.71. The molecule has 0 radical (unpaired) electrons. The zero-order chi connectivity index (χ0) is 11.4. The fourth-order valence-corrected chi connectivity index (χ4v) is 2.36. The zero-order valence-corrected chi connectivity index (χ0v) is 10.4. The summed E-state index contributed by atoms with van der Waals surface area (Å²) in [5.74, 6) is 0. The Hall–Kier alpha value is -0.640. The molecular weight excluding hydrogens is 222 g/mol. The molecule has 1 N–H and O–H groups in total. The molecule has 1 aromatic heterocycles. The molecule has 0 unspecified atom stereocenters. The highest BCUT2D eigenvalue weighted by Gasteiger charge is 2.18. The molecule has 1 fully saturated rings. The molecule has 0 amide bonds. The molecule has 2 rings (SSSR count). The van der Waals surface area contributed by atoms with Gasteiger partial charge < -0.3 is 5.32 Å². The van der Waals surface area contributed by atoms with E-state index in [9.17, 15) is 0 Å². The van der Waals surface area contributed by atoms with Crippen molar-refractivity contribution in [3.63, 3.8) is 0 Å². The Labute approximate surface area is 102 Å². The summed E-state index contributed by atoms with van der Waals surface area (Å²) in [7, 11) is 2.17. The average Bonchev–Trinajstić information content (AvgIpc) is 2.33. The van der Waals surface area contributed by atoms with E-state index < -0.39 is 0 Å². The van der Waals surface area contributed by atoms with Crippen LogP contribution >= 0.6 is 11.6 Å². The van der Waals surface area contributed by atoms with Gasteiger partial charge in [-0.2, -0.15) is 0 Å². The number of hydrogen-bond donors (Lipinski definition) is 1. The molecule has 1 aliphatic heterocycles. The Morgan fingerprint density at radius 3 is 2.94 bits per heavy atom. The lowest BCUT2D eigenvalue weighted by atomic mass is 10.0. The average molecular weight is 240 g/mol. The standard InChI is InChI=1S/C12H18ClN3/c1-16(11-4-7-14-8-5-11)9-10-3-2-6-15-12(10)13/h2-3,6,11,14H,4-5,7-9H2,1H3. The van der Waals surface area contributed by atoms with Gasteiger partial charge in [0.05, 0.1) is 0 Å². The number of aromatic nitrogens is 1. The van der Waals surface area contributed by atoms with Crippen molar-refractivity contribution in [2.75, 3.05) is 20.1 Å². The fourth-order valence-electron chi connectivity index (χ4n) is 2.18. The van der Waals surface area contributed by atoms with E-state index in [1.165, 1.54) is 12.8 Å². The van der Waals surface area contributed by atoms with Gasteiger partial charge in [0.1, 0.15) is 5.15 Å². The number of nitrogens with one attached hydrogen (secondary N) is 1. The van der Waals surface area contributed by atoms with E-state index >= 15 is 0 Å². The second kappa shape index (κ2) is 5.62. The highest BCUT2D eigenvalue weighted by molar-refractivity contribution is 6.30. The topological polar surface area (TPSA) is 28.2 Å². The van der Waals surface area contributed by atoms with Crippen molar-refractivity contribution in [2.24, 2.45) is 0 Å². The van der Waals surface area contributed by atoms with E-state index in [-0.39, 0.29) is 0 Å². The van der Waals surface area contributed by atoms with Crippen LogP contribution in [-0.2, 0) is 6.54 Å². The summed E-state index contributed by atoms with van der Waals surface area (Å²) in [4.78, 5) is 6.48. The second-order valence-electron chi connectivity index (χ2n) is 4.35. The fraction of sp³-hybridized carbons (Fsp3) is 0.583. The summed E-state index contributed by atoms with van der Waals surface area (Å²) in [5, 5.41) is 4.01. The van der Waals surface area contributed by atoms with Gasteiger partial charge in [-0.1, -0.05) is 17.7 Å². The van der Waals surface area contributed by atoms with Crippen molar-refractivity contribution in [1.82, 2.24) is 15.2 Å². The number of piperidine rings is 1. The molecule has 0 saturated carbocycles. The predicted molar refractivity (Wildman–Crippen MR) is 66.6 cm³/mol. The summed E-state index contributed by atoms with van der Waals surface area (Å²) in [6, 6.07) is 4.65. The van der Waals surface area contributed by atoms with Gasteiger partial charge in [-0.05, 0) is 39.0 Å². The van der Waals surface area contributed by atoms with Crippen LogP contribution in [0.4, 0.5) is 0 Å². The summed E-state index contributed by atoms with van der Waals surface area (Å²) in [5.41, 5.74) is 1.12. The molecule has 16 heavy (non-hydrogen) atoms. The van der Waals surface area contributed by atoms with Crippen LogP contribution in [0, 0.1) is 0 Å². The van der Waals surface area contributed by atoms with Crippen molar-refractivity contribution >= 4 is 11.6 Å². The highest BCUT2D eigenvalue weighted by Crippen LogP contribution is 2.17. The first kappa shape index (κ1) is 11.8. The number of pyridine rings is 1. The van der Waals surface area contributed by atoms with Crippen LogP contribution in [0.1, 0.15) is 18.4 Å². The predicted octanol–water partition coefficient (Wildman–Crippen LogP) is 1.92. The molecule has 1 aliphatic rings. The van der Waals surface area contributed by atoms with Gasteiger partial charge in [-0.25, -0.2) is 4.98 Å². The van der Waals surface area contributed by atoms with Crippen molar-refractivity contribution in [3.05, 3.63) is 29.0 Å². The highest BCUT2D eigenvalue weighted by atomic mass is 35.5. The minimum Gasteiger partial charge on any atom is -0.317 e. The Morgan fingerprint density at radius 1 is 1.50 bits per heavy atom. The Bertz CT molecular complexity index is 337. The Kier molecular flexibility index (Phi) is 4.16. The van der Waals surface area contributed by atoms with E-state index in [1.807, 2.05) is 12.1 Å². The number of rotatable bonds is 3. The van der Waals surface area contributed by atoms with Crippen LogP contribution in [-0.4, -0.2) is 36.1 Å². The van der Waals surface area contributed by atoms with E-state index in [1.54, 1.807) is 6.20 Å². The third kappa shape index (κ3) is 2.94. The van der Waals surface area contributed by atoms with Crippen LogP contribution in [0.25, 0.3) is 0 Å². The minimum atomic E-state index is 0.628. The maximum Gasteiger partial charge on any atom is 0.133 e. The van der Waals surface area contributed by atoms with E-state index in [0.717, 1.165) is 25.2 Å². The molecule has 0 bridgehead atoms. The molecular formula is C12H18ClN3. The lowest BCUT2D eigenvalue weighted by molar-refractivity contribution is 0.191. The smallest absolute Gasteiger partial charge is 0.133 e. The SMILES string of the molecule is CN(Cc1cccnc1Cl)C1CCNCC1. The van der Waals surface area contributed by atoms with Crippen LogP contribution in [0.5, 0.6) is 0 Å². The van der Waals surface area contributed by atoms with Gasteiger partial charge >= 0.3 is 0 Å². The quantitative estimate of drug-likeness (QED) is 0.817. The molecule has 0 aliphatic carbocycles. The molecule has 4 heteroatoms. The van der Waals surface area contributed by atoms with E-state index in [2.05, 4.69) is 22.2 Å². The van der Waals surface area contributed by atoms with E-state index in [4.69, 9.17) is 11.6 Å². The van der Waals surface area contributed by atoms with Gasteiger partial charge in [-0.3, -0.25) is 4.90 Å². The molecule has 2 heterocycles. The lowest BCUT2D eigenvalue weighted by Crippen LogP contribution is -2.40. The first-order valence-corrected chi connectivity index (χ1v) is 6.15. The van der Waals surface area contributed by atoms with Gasteiger partial charge in [0.2, 0.25) is 0 Å². The molecule has 88 valence electrons. The Morgan fingerprint density at radius 2 is 2.25 bits per heavy atom. The van der Waals surface area contributed by atoms with Gasteiger partial charge in [0.15, 0.2) is 0 Å². The molecule has 1 saturated heterocycles. The first-order chi connectivity index (χ1) is 7.77. The van der Waals surface area contributed by atoms with Crippen LogP contribution < -0.4 is 5.32 Å². The maximum absolute atomic E-state index is 6.06. The van der Waals surface area contributed by atoms with Crippen LogP contribution in [0.15, 0.2) is 18.3 Å². The van der Waals surface area contributed by atoms with E-state index in [0.29, 0.717) is 11.2 Å². The summed E-state index contributed by atoms with van der Waals surface area (Å²) in [6.07, 6.45) is 4.17. The molecule has 0 aromatic carbocycles. The van der Waals surface area contributed by atoms with Crippen molar-refractivity contribution in [1.29, 1.82) is 0 Å². The molecule has 0 atom stereocenters. The summed E-state index contributed by atoms with van der Waals surface area (Å²) >= 11 is 6.06. The molecule has 1 aromatic rings. The third-order valence-corrected chi connectivity index (χ3v) is 3.53. The van der Waals surface area contributed by atoms with Crippen molar-refractivity contribution in [2.45, 2.75) is 25.4 Å². The Balaban J connectivity index is 1.96. The van der Waals surface area contributed by atoms with Crippen molar-refractivity contribution in [3.8, 4) is 0 Å². The summed E-state index contributed by atoms with van der Waals surface area (Å²) < 4.78 is 0. The zero-order valence-electron chi connectivity index (χ0n) is 9.62.